The van der Waals surface area contributed by atoms with Crippen molar-refractivity contribution in [3.8, 4) is 11.3 Å². The van der Waals surface area contributed by atoms with E-state index in [9.17, 15) is 4.39 Å². The summed E-state index contributed by atoms with van der Waals surface area (Å²) in [6.45, 7) is 7.55. The van der Waals surface area contributed by atoms with Crippen molar-refractivity contribution < 1.29 is 9.13 Å². The molecule has 0 N–H and O–H groups in total. The molecule has 2 atom stereocenters. The van der Waals surface area contributed by atoms with Crippen molar-refractivity contribution in [2.75, 3.05) is 18.1 Å². The Morgan fingerprint density at radius 1 is 1.24 bits per heavy atom. The summed E-state index contributed by atoms with van der Waals surface area (Å²) in [5.41, 5.74) is 1.93. The molecule has 0 amide bonds. The van der Waals surface area contributed by atoms with Gasteiger partial charge in [0.1, 0.15) is 5.82 Å². The molecular weight excluding hydrogens is 359 g/mol. The third kappa shape index (κ3) is 2.96. The number of thiazole rings is 1. The zero-order valence-corrected chi connectivity index (χ0v) is 16.3. The van der Waals surface area contributed by atoms with E-state index in [0.717, 1.165) is 42.4 Å². The highest BCUT2D eigenvalue weighted by Gasteiger charge is 2.39. The smallest absolute Gasteiger partial charge is 0.186 e. The Kier molecular flexibility index (Phi) is 4.29. The highest BCUT2D eigenvalue weighted by atomic mass is 35.5. The van der Waals surface area contributed by atoms with Gasteiger partial charge in [0, 0.05) is 16.5 Å². The number of hydrogen-bond donors (Lipinski definition) is 0. The number of benzene rings is 1. The SMILES string of the molecule is CC(C)(C)c1c(-c2csc(N3[C@@H]4CC[C@H]3COC4)n2)ccc(Cl)c1F. The second kappa shape index (κ2) is 6.22. The number of halogens is 2. The van der Waals surface area contributed by atoms with Crippen molar-refractivity contribution in [3.05, 3.63) is 33.9 Å². The average molecular weight is 381 g/mol. The van der Waals surface area contributed by atoms with Crippen LogP contribution in [-0.2, 0) is 10.2 Å². The molecule has 3 heterocycles. The van der Waals surface area contributed by atoms with Crippen LogP contribution in [0.2, 0.25) is 5.02 Å². The molecule has 2 aromatic rings. The van der Waals surface area contributed by atoms with Crippen molar-refractivity contribution in [2.45, 2.75) is 51.1 Å². The van der Waals surface area contributed by atoms with Gasteiger partial charge in [-0.2, -0.15) is 0 Å². The molecule has 2 fully saturated rings. The standard InChI is InChI=1S/C19H22ClFN2OS/c1-19(2,3)16-13(6-7-14(20)17(16)21)15-10-25-18(22-15)23-11-4-5-12(23)9-24-8-11/h6-7,10-12H,4-5,8-9H2,1-3H3/t11-,12+. The fourth-order valence-corrected chi connectivity index (χ4v) is 5.07. The molecule has 0 unspecified atom stereocenters. The molecule has 4 rings (SSSR count). The number of hydrogen-bond acceptors (Lipinski definition) is 4. The first-order valence-corrected chi connectivity index (χ1v) is 9.92. The zero-order chi connectivity index (χ0) is 17.8. The monoisotopic (exact) mass is 380 g/mol. The molecule has 1 aromatic carbocycles. The van der Waals surface area contributed by atoms with Crippen LogP contribution in [0.25, 0.3) is 11.3 Å². The fraction of sp³-hybridized carbons (Fsp3) is 0.526. The van der Waals surface area contributed by atoms with Gasteiger partial charge < -0.3 is 9.64 Å². The highest BCUT2D eigenvalue weighted by molar-refractivity contribution is 7.14. The Morgan fingerprint density at radius 3 is 2.56 bits per heavy atom. The van der Waals surface area contributed by atoms with E-state index in [1.54, 1.807) is 17.4 Å². The Labute approximate surface area is 156 Å². The van der Waals surface area contributed by atoms with Gasteiger partial charge in [0.2, 0.25) is 0 Å². The maximum Gasteiger partial charge on any atom is 0.186 e. The summed E-state index contributed by atoms with van der Waals surface area (Å²) >= 11 is 7.67. The second-order valence-electron chi connectivity index (χ2n) is 7.88. The van der Waals surface area contributed by atoms with Gasteiger partial charge in [-0.15, -0.1) is 11.3 Å². The number of nitrogens with zero attached hydrogens (tertiary/aromatic N) is 2. The number of anilines is 1. The first-order chi connectivity index (χ1) is 11.9. The van der Waals surface area contributed by atoms with Gasteiger partial charge >= 0.3 is 0 Å². The van der Waals surface area contributed by atoms with Gasteiger partial charge in [-0.25, -0.2) is 9.37 Å². The molecule has 0 radical (unpaired) electrons. The summed E-state index contributed by atoms with van der Waals surface area (Å²) in [5, 5.41) is 3.21. The lowest BCUT2D eigenvalue weighted by atomic mass is 9.82. The zero-order valence-electron chi connectivity index (χ0n) is 14.7. The van der Waals surface area contributed by atoms with E-state index in [-0.39, 0.29) is 16.3 Å². The molecule has 2 saturated heterocycles. The van der Waals surface area contributed by atoms with Crippen molar-refractivity contribution in [2.24, 2.45) is 0 Å². The maximum absolute atomic E-state index is 14.8. The summed E-state index contributed by atoms with van der Waals surface area (Å²) in [6, 6.07) is 4.35. The van der Waals surface area contributed by atoms with Crippen LogP contribution in [0.4, 0.5) is 9.52 Å². The topological polar surface area (TPSA) is 25.4 Å². The number of aromatic nitrogens is 1. The van der Waals surface area contributed by atoms with E-state index >= 15 is 0 Å². The van der Waals surface area contributed by atoms with Crippen LogP contribution in [0, 0.1) is 5.82 Å². The summed E-state index contributed by atoms with van der Waals surface area (Å²) < 4.78 is 20.4. The first kappa shape index (κ1) is 17.3. The van der Waals surface area contributed by atoms with Crippen molar-refractivity contribution in [1.82, 2.24) is 4.98 Å². The molecular formula is C19H22ClFN2OS. The summed E-state index contributed by atoms with van der Waals surface area (Å²) in [4.78, 5) is 7.27. The minimum atomic E-state index is -0.355. The fourth-order valence-electron chi connectivity index (χ4n) is 3.94. The van der Waals surface area contributed by atoms with E-state index < -0.39 is 0 Å². The summed E-state index contributed by atoms with van der Waals surface area (Å²) in [7, 11) is 0. The summed E-state index contributed by atoms with van der Waals surface area (Å²) in [5.74, 6) is -0.340. The van der Waals surface area contributed by atoms with Crippen LogP contribution in [0.3, 0.4) is 0 Å². The summed E-state index contributed by atoms with van der Waals surface area (Å²) in [6.07, 6.45) is 2.31. The van der Waals surface area contributed by atoms with Crippen LogP contribution in [0.1, 0.15) is 39.2 Å². The van der Waals surface area contributed by atoms with Gasteiger partial charge in [0.15, 0.2) is 5.13 Å². The van der Waals surface area contributed by atoms with Crippen LogP contribution < -0.4 is 4.90 Å². The molecule has 3 nitrogen and oxygen atoms in total. The second-order valence-corrected chi connectivity index (χ2v) is 9.12. The van der Waals surface area contributed by atoms with Crippen LogP contribution in [-0.4, -0.2) is 30.3 Å². The van der Waals surface area contributed by atoms with Crippen LogP contribution >= 0.6 is 22.9 Å². The molecule has 2 bridgehead atoms. The third-order valence-corrected chi connectivity index (χ3v) is 6.22. The highest BCUT2D eigenvalue weighted by Crippen LogP contribution is 2.41. The van der Waals surface area contributed by atoms with Gasteiger partial charge in [0.05, 0.1) is 36.0 Å². The lowest BCUT2D eigenvalue weighted by molar-refractivity contribution is 0.0906. The molecule has 25 heavy (non-hydrogen) atoms. The molecule has 0 aliphatic carbocycles. The molecule has 0 spiro atoms. The minimum absolute atomic E-state index is 0.162. The van der Waals surface area contributed by atoms with E-state index in [1.807, 2.05) is 32.2 Å². The van der Waals surface area contributed by atoms with Crippen molar-refractivity contribution in [1.29, 1.82) is 0 Å². The minimum Gasteiger partial charge on any atom is -0.377 e. The molecule has 2 aliphatic heterocycles. The van der Waals surface area contributed by atoms with Gasteiger partial charge in [-0.1, -0.05) is 38.4 Å². The molecule has 134 valence electrons. The molecule has 1 aromatic heterocycles. The quantitative estimate of drug-likeness (QED) is 0.709. The van der Waals surface area contributed by atoms with Gasteiger partial charge in [0.25, 0.3) is 0 Å². The number of rotatable bonds is 2. The normalized spacial score (nSPS) is 23.3. The average Bonchev–Trinajstić information content (AvgIpc) is 3.10. The Bertz CT molecular complexity index is 785. The van der Waals surface area contributed by atoms with Gasteiger partial charge in [-0.3, -0.25) is 0 Å². The van der Waals surface area contributed by atoms with E-state index in [2.05, 4.69) is 4.90 Å². The largest absolute Gasteiger partial charge is 0.377 e. The van der Waals surface area contributed by atoms with Crippen LogP contribution in [0.5, 0.6) is 0 Å². The van der Waals surface area contributed by atoms with Gasteiger partial charge in [-0.05, 0) is 24.3 Å². The molecule has 0 saturated carbocycles. The van der Waals surface area contributed by atoms with Crippen molar-refractivity contribution >= 4 is 28.1 Å². The first-order valence-electron chi connectivity index (χ1n) is 8.66. The molecule has 2 aliphatic rings. The predicted molar refractivity (Wildman–Crippen MR) is 101 cm³/mol. The third-order valence-electron chi connectivity index (χ3n) is 5.07. The maximum atomic E-state index is 14.8. The van der Waals surface area contributed by atoms with E-state index in [0.29, 0.717) is 17.6 Å². The number of morpholine rings is 1. The Balaban J connectivity index is 1.75. The number of ether oxygens (including phenoxy) is 1. The molecule has 6 heteroatoms. The Morgan fingerprint density at radius 2 is 1.92 bits per heavy atom. The van der Waals surface area contributed by atoms with E-state index in [1.165, 1.54) is 0 Å². The lowest BCUT2D eigenvalue weighted by Gasteiger charge is -2.34. The number of fused-ring (bicyclic) bond motifs is 2. The lowest BCUT2D eigenvalue weighted by Crippen LogP contribution is -2.45. The predicted octanol–water partition coefficient (Wildman–Crippen LogP) is 5.27. The van der Waals surface area contributed by atoms with Crippen LogP contribution in [0.15, 0.2) is 17.5 Å². The Hall–Kier alpha value is -1.17. The van der Waals surface area contributed by atoms with E-state index in [4.69, 9.17) is 21.3 Å². The van der Waals surface area contributed by atoms with Crippen molar-refractivity contribution in [3.63, 3.8) is 0 Å².